The number of ether oxygens (including phenoxy) is 1. The highest BCUT2D eigenvalue weighted by atomic mass is 16.6. The maximum absolute atomic E-state index is 11.4. The molecule has 0 aliphatic heterocycles. The van der Waals surface area contributed by atoms with Gasteiger partial charge < -0.3 is 10.1 Å². The van der Waals surface area contributed by atoms with Crippen LogP contribution >= 0.6 is 0 Å². The number of carbonyl (C=O) groups is 2. The zero-order valence-corrected chi connectivity index (χ0v) is 13.2. The molecule has 0 heterocycles. The van der Waals surface area contributed by atoms with Gasteiger partial charge in [0.1, 0.15) is 11.9 Å². The topological polar surface area (TPSA) is 98.5 Å². The largest absolute Gasteiger partial charge is 0.444 e. The highest BCUT2D eigenvalue weighted by Gasteiger charge is 2.15. The molecule has 7 heteroatoms. The molecule has 0 atom stereocenters. The first-order valence-electron chi connectivity index (χ1n) is 6.91. The van der Waals surface area contributed by atoms with E-state index in [1.165, 1.54) is 18.2 Å². The van der Waals surface area contributed by atoms with Crippen molar-refractivity contribution in [1.82, 2.24) is 5.32 Å². The highest BCUT2D eigenvalue weighted by Crippen LogP contribution is 2.15. The number of amides is 1. The normalized spacial score (nSPS) is 10.2. The van der Waals surface area contributed by atoms with Crippen LogP contribution in [0, 0.1) is 22.0 Å². The molecule has 0 radical (unpaired) electrons. The maximum atomic E-state index is 11.4. The van der Waals surface area contributed by atoms with E-state index in [-0.39, 0.29) is 17.8 Å². The van der Waals surface area contributed by atoms with Gasteiger partial charge in [0.15, 0.2) is 0 Å². The summed E-state index contributed by atoms with van der Waals surface area (Å²) in [5.41, 5.74) is -0.191. The average Bonchev–Trinajstić information content (AvgIpc) is 2.44. The number of hydrogen-bond acceptors (Lipinski definition) is 5. The Labute approximate surface area is 134 Å². The second kappa shape index (κ2) is 7.94. The number of aldehydes is 1. The zero-order chi connectivity index (χ0) is 17.5. The van der Waals surface area contributed by atoms with Gasteiger partial charge in [-0.25, -0.2) is 4.79 Å². The van der Waals surface area contributed by atoms with Crippen LogP contribution in [0.2, 0.25) is 0 Å². The van der Waals surface area contributed by atoms with Gasteiger partial charge in [0, 0.05) is 36.2 Å². The summed E-state index contributed by atoms with van der Waals surface area (Å²) < 4.78 is 5.06. The molecule has 0 aliphatic carbocycles. The SMILES string of the molecule is CC(C)(C)OC(=O)NCCC#Cc1cc(C=O)cc([N+](=O)[O-])c1. The fourth-order valence-electron chi connectivity index (χ4n) is 1.59. The number of non-ortho nitro benzene ring substituents is 1. The molecule has 0 saturated heterocycles. The molecule has 0 saturated carbocycles. The summed E-state index contributed by atoms with van der Waals surface area (Å²) in [6.45, 7) is 5.58. The summed E-state index contributed by atoms with van der Waals surface area (Å²) in [6, 6.07) is 3.94. The number of nitro benzene ring substituents is 1. The molecule has 23 heavy (non-hydrogen) atoms. The summed E-state index contributed by atoms with van der Waals surface area (Å²) in [5, 5.41) is 13.3. The lowest BCUT2D eigenvalue weighted by atomic mass is 10.1. The number of alkyl carbamates (subject to hydrolysis) is 1. The zero-order valence-electron chi connectivity index (χ0n) is 13.2. The molecule has 0 unspecified atom stereocenters. The van der Waals surface area contributed by atoms with Crippen LogP contribution in [0.25, 0.3) is 0 Å². The molecule has 0 spiro atoms. The summed E-state index contributed by atoms with van der Waals surface area (Å²) in [7, 11) is 0. The third-order valence-corrected chi connectivity index (χ3v) is 2.44. The number of hydrogen-bond donors (Lipinski definition) is 1. The Bertz CT molecular complexity index is 665. The lowest BCUT2D eigenvalue weighted by Gasteiger charge is -2.19. The highest BCUT2D eigenvalue weighted by molar-refractivity contribution is 5.77. The van der Waals surface area contributed by atoms with Gasteiger partial charge in [-0.2, -0.15) is 0 Å². The summed E-state index contributed by atoms with van der Waals surface area (Å²) >= 11 is 0. The molecule has 0 fully saturated rings. The molecule has 0 aromatic heterocycles. The van der Waals surface area contributed by atoms with Gasteiger partial charge in [-0.15, -0.1) is 0 Å². The fraction of sp³-hybridized carbons (Fsp3) is 0.375. The summed E-state index contributed by atoms with van der Waals surface area (Å²) in [5.74, 6) is 5.51. The van der Waals surface area contributed by atoms with E-state index < -0.39 is 16.6 Å². The Morgan fingerprint density at radius 2 is 2.09 bits per heavy atom. The quantitative estimate of drug-likeness (QED) is 0.302. The third kappa shape index (κ3) is 7.09. The Morgan fingerprint density at radius 3 is 2.65 bits per heavy atom. The molecular weight excluding hydrogens is 300 g/mol. The van der Waals surface area contributed by atoms with Crippen LogP contribution in [0.5, 0.6) is 0 Å². The summed E-state index contributed by atoms with van der Waals surface area (Å²) in [6.07, 6.45) is 0.346. The Hall–Kier alpha value is -2.88. The van der Waals surface area contributed by atoms with Gasteiger partial charge >= 0.3 is 6.09 Å². The van der Waals surface area contributed by atoms with Crippen LogP contribution in [0.1, 0.15) is 43.1 Å². The second-order valence-corrected chi connectivity index (χ2v) is 5.67. The van der Waals surface area contributed by atoms with Crippen molar-refractivity contribution in [3.8, 4) is 11.8 Å². The van der Waals surface area contributed by atoms with Crippen LogP contribution in [0.4, 0.5) is 10.5 Å². The van der Waals surface area contributed by atoms with E-state index in [4.69, 9.17) is 4.74 Å². The number of nitrogens with one attached hydrogen (secondary N) is 1. The van der Waals surface area contributed by atoms with E-state index in [1.54, 1.807) is 20.8 Å². The van der Waals surface area contributed by atoms with Gasteiger partial charge in [-0.1, -0.05) is 11.8 Å². The molecule has 122 valence electrons. The van der Waals surface area contributed by atoms with Crippen molar-refractivity contribution in [3.05, 3.63) is 39.4 Å². The van der Waals surface area contributed by atoms with E-state index in [0.717, 1.165) is 0 Å². The summed E-state index contributed by atoms with van der Waals surface area (Å²) in [4.78, 5) is 32.4. The van der Waals surface area contributed by atoms with Crippen LogP contribution < -0.4 is 5.32 Å². The van der Waals surface area contributed by atoms with E-state index in [9.17, 15) is 19.7 Å². The molecular formula is C16H18N2O5. The molecule has 1 amide bonds. The van der Waals surface area contributed by atoms with Crippen molar-refractivity contribution >= 4 is 18.1 Å². The third-order valence-electron chi connectivity index (χ3n) is 2.44. The van der Waals surface area contributed by atoms with Crippen molar-refractivity contribution in [2.24, 2.45) is 0 Å². The van der Waals surface area contributed by atoms with E-state index in [1.807, 2.05) is 0 Å². The standard InChI is InChI=1S/C16H18N2O5/c1-16(2,3)23-15(20)17-7-5-4-6-12-8-13(11-19)10-14(9-12)18(21)22/h8-11H,5,7H2,1-3H3,(H,17,20). The van der Waals surface area contributed by atoms with Gasteiger partial charge in [0.05, 0.1) is 4.92 Å². The van der Waals surface area contributed by atoms with Crippen molar-refractivity contribution in [1.29, 1.82) is 0 Å². The Balaban J connectivity index is 2.60. The van der Waals surface area contributed by atoms with Crippen molar-refractivity contribution < 1.29 is 19.2 Å². The van der Waals surface area contributed by atoms with Crippen LogP contribution in [0.15, 0.2) is 18.2 Å². The first-order valence-corrected chi connectivity index (χ1v) is 6.91. The molecule has 1 N–H and O–H groups in total. The van der Waals surface area contributed by atoms with Crippen molar-refractivity contribution in [2.45, 2.75) is 32.8 Å². The number of nitro groups is 1. The molecule has 1 aromatic rings. The smallest absolute Gasteiger partial charge is 0.407 e. The minimum Gasteiger partial charge on any atom is -0.444 e. The van der Waals surface area contributed by atoms with E-state index in [2.05, 4.69) is 17.2 Å². The van der Waals surface area contributed by atoms with Crippen LogP contribution in [-0.4, -0.2) is 29.4 Å². The van der Waals surface area contributed by atoms with E-state index >= 15 is 0 Å². The molecule has 1 rings (SSSR count). The lowest BCUT2D eigenvalue weighted by Crippen LogP contribution is -2.32. The Kier molecular flexibility index (Phi) is 6.27. The minimum absolute atomic E-state index is 0.189. The number of rotatable bonds is 4. The number of nitrogens with zero attached hydrogens (tertiary/aromatic N) is 1. The Morgan fingerprint density at radius 1 is 1.39 bits per heavy atom. The van der Waals surface area contributed by atoms with Gasteiger partial charge in [-0.05, 0) is 26.8 Å². The maximum Gasteiger partial charge on any atom is 0.407 e. The molecule has 0 bridgehead atoms. The molecule has 1 aromatic carbocycles. The van der Waals surface area contributed by atoms with Crippen LogP contribution in [-0.2, 0) is 4.74 Å². The van der Waals surface area contributed by atoms with E-state index in [0.29, 0.717) is 18.3 Å². The van der Waals surface area contributed by atoms with Gasteiger partial charge in [-0.3, -0.25) is 14.9 Å². The van der Waals surface area contributed by atoms with Crippen molar-refractivity contribution in [2.75, 3.05) is 6.54 Å². The van der Waals surface area contributed by atoms with Crippen LogP contribution in [0.3, 0.4) is 0 Å². The average molecular weight is 318 g/mol. The van der Waals surface area contributed by atoms with Gasteiger partial charge in [0.25, 0.3) is 5.69 Å². The van der Waals surface area contributed by atoms with Gasteiger partial charge in [0.2, 0.25) is 0 Å². The monoisotopic (exact) mass is 318 g/mol. The first-order chi connectivity index (χ1) is 10.7. The number of carbonyl (C=O) groups excluding carboxylic acids is 2. The fourth-order valence-corrected chi connectivity index (χ4v) is 1.59. The first kappa shape index (κ1) is 18.2. The van der Waals surface area contributed by atoms with Crippen molar-refractivity contribution in [3.63, 3.8) is 0 Å². The minimum atomic E-state index is -0.581. The lowest BCUT2D eigenvalue weighted by molar-refractivity contribution is -0.384. The predicted molar refractivity (Wildman–Crippen MR) is 84.2 cm³/mol. The molecule has 7 nitrogen and oxygen atoms in total. The molecule has 0 aliphatic rings. The second-order valence-electron chi connectivity index (χ2n) is 5.67. The number of benzene rings is 1. The predicted octanol–water partition coefficient (Wildman–Crippen LogP) is 2.67.